The Balaban J connectivity index is 4.43. The van der Waals surface area contributed by atoms with E-state index in [2.05, 4.69) is 35.1 Å². The first-order valence-electron chi connectivity index (χ1n) is 6.26. The molecule has 0 aliphatic rings. The van der Waals surface area contributed by atoms with Gasteiger partial charge < -0.3 is 39.2 Å². The van der Waals surface area contributed by atoms with Gasteiger partial charge in [-0.15, -0.1) is 6.57 Å². The van der Waals surface area contributed by atoms with Crippen molar-refractivity contribution >= 4 is 29.7 Å². The lowest BCUT2D eigenvalue weighted by Gasteiger charge is -2.02. The summed E-state index contributed by atoms with van der Waals surface area (Å²) in [6.45, 7) is 6.74. The third-order valence-corrected chi connectivity index (χ3v) is 1.98. The zero-order chi connectivity index (χ0) is 17.7. The van der Waals surface area contributed by atoms with Crippen LogP contribution in [0.5, 0.6) is 0 Å². The Morgan fingerprint density at radius 1 is 0.913 bits per heavy atom. The number of nitrogens with one attached hydrogen (secondary N) is 1. The quantitative estimate of drug-likeness (QED) is 0.147. The van der Waals surface area contributed by atoms with E-state index in [-0.39, 0.29) is 43.0 Å². The van der Waals surface area contributed by atoms with Gasteiger partial charge in [0.25, 0.3) is 0 Å². The lowest BCUT2D eigenvalue weighted by Crippen LogP contribution is -2.41. The summed E-state index contributed by atoms with van der Waals surface area (Å²) in [7, 11) is 0. The van der Waals surface area contributed by atoms with Gasteiger partial charge in [-0.2, -0.15) is 4.99 Å². The summed E-state index contributed by atoms with van der Waals surface area (Å²) in [6, 6.07) is 0. The number of hydrogen-bond donors (Lipinski definition) is 7. The summed E-state index contributed by atoms with van der Waals surface area (Å²) in [5, 5.41) is 2.49. The van der Waals surface area contributed by atoms with Crippen LogP contribution >= 0.6 is 0 Å². The number of aliphatic imine (C=N–C) groups is 5. The number of nitrogens with two attached hydrogens (primary N) is 6. The molecule has 0 aliphatic heterocycles. The molecule has 126 valence electrons. The maximum absolute atomic E-state index is 6.57. The Bertz CT molecular complexity index is 562. The molecule has 0 bridgehead atoms. The van der Waals surface area contributed by atoms with Crippen LogP contribution < -0.4 is 39.7 Å². The first-order valence-corrected chi connectivity index (χ1v) is 6.26. The third-order valence-electron chi connectivity index (χ3n) is 1.98. The standard InChI is InChI=1S/C10H21N13/c1-17-7(13)18-4-20-9(15)23-10(16)21-5-19-8(14)22-6(12)2-3-11/h2-5,11H2,(H2,13,18)(H4,12,14,19,22)(H5,15,16,20,21,23). The maximum Gasteiger partial charge on any atom is 0.326 e. The average molecular weight is 323 g/mol. The third kappa shape index (κ3) is 11.0. The summed E-state index contributed by atoms with van der Waals surface area (Å²) in [5.41, 5.74) is 32.6. The molecule has 0 spiro atoms. The van der Waals surface area contributed by atoms with Crippen LogP contribution in [0, 0.1) is 6.57 Å². The predicted molar refractivity (Wildman–Crippen MR) is 91.3 cm³/mol. The van der Waals surface area contributed by atoms with Crippen LogP contribution in [0.2, 0.25) is 0 Å². The van der Waals surface area contributed by atoms with Gasteiger partial charge in [0.05, 0.1) is 0 Å². The molecule has 0 aromatic rings. The molecule has 23 heavy (non-hydrogen) atoms. The SMILES string of the molecule is [C-]#[N+]C(N)=NCN=C(N)NC(N)=NCN=C(N)N=C(N)CCN. The normalized spacial score (nSPS) is 14.5. The summed E-state index contributed by atoms with van der Waals surface area (Å²) in [6.07, 6.45) is 0.413. The highest BCUT2D eigenvalue weighted by atomic mass is 15.2. The predicted octanol–water partition coefficient (Wildman–Crippen LogP) is -3.62. The summed E-state index contributed by atoms with van der Waals surface area (Å²) < 4.78 is 0. The zero-order valence-corrected chi connectivity index (χ0v) is 12.5. The Morgan fingerprint density at radius 3 is 2.00 bits per heavy atom. The molecule has 0 saturated heterocycles. The van der Waals surface area contributed by atoms with E-state index in [1.807, 2.05) is 0 Å². The Morgan fingerprint density at radius 2 is 1.48 bits per heavy atom. The van der Waals surface area contributed by atoms with E-state index in [0.717, 1.165) is 0 Å². The molecule has 0 aromatic heterocycles. The highest BCUT2D eigenvalue weighted by Crippen LogP contribution is 1.81. The van der Waals surface area contributed by atoms with Crippen molar-refractivity contribution < 1.29 is 0 Å². The number of hydrogen-bond acceptors (Lipinski definition) is 5. The van der Waals surface area contributed by atoms with Gasteiger partial charge in [-0.05, 0) is 6.54 Å². The summed E-state index contributed by atoms with van der Waals surface area (Å²) >= 11 is 0. The molecule has 0 amide bonds. The maximum atomic E-state index is 6.57. The fraction of sp³-hybridized carbons (Fsp3) is 0.400. The van der Waals surface area contributed by atoms with E-state index < -0.39 is 0 Å². The van der Waals surface area contributed by atoms with Crippen LogP contribution in [-0.4, -0.2) is 49.6 Å². The van der Waals surface area contributed by atoms with Gasteiger partial charge in [-0.3, -0.25) is 5.32 Å². The van der Waals surface area contributed by atoms with E-state index in [4.69, 9.17) is 41.0 Å². The Kier molecular flexibility index (Phi) is 9.61. The lowest BCUT2D eigenvalue weighted by atomic mass is 10.4. The van der Waals surface area contributed by atoms with Gasteiger partial charge in [0.1, 0.15) is 12.5 Å². The fourth-order valence-electron chi connectivity index (χ4n) is 1.000. The highest BCUT2D eigenvalue weighted by Gasteiger charge is 1.96. The Labute approximate surface area is 133 Å². The second-order valence-electron chi connectivity index (χ2n) is 3.78. The molecule has 0 saturated carbocycles. The zero-order valence-electron chi connectivity index (χ0n) is 12.5. The largest absolute Gasteiger partial charge is 0.397 e. The van der Waals surface area contributed by atoms with Crippen molar-refractivity contribution in [3.63, 3.8) is 0 Å². The van der Waals surface area contributed by atoms with Crippen LogP contribution in [0.3, 0.4) is 0 Å². The van der Waals surface area contributed by atoms with Gasteiger partial charge in [-0.25, -0.2) is 20.0 Å². The van der Waals surface area contributed by atoms with Gasteiger partial charge in [0.2, 0.25) is 5.96 Å². The van der Waals surface area contributed by atoms with Crippen molar-refractivity contribution in [1.29, 1.82) is 0 Å². The van der Waals surface area contributed by atoms with Crippen molar-refractivity contribution in [3.05, 3.63) is 11.4 Å². The number of amidine groups is 1. The lowest BCUT2D eigenvalue weighted by molar-refractivity contribution is 1.01. The molecule has 0 aromatic carbocycles. The summed E-state index contributed by atoms with van der Waals surface area (Å²) in [5.74, 6) is -0.0706. The van der Waals surface area contributed by atoms with E-state index in [1.54, 1.807) is 0 Å². The smallest absolute Gasteiger partial charge is 0.326 e. The van der Waals surface area contributed by atoms with Crippen LogP contribution in [0.4, 0.5) is 0 Å². The molecule has 13 heteroatoms. The van der Waals surface area contributed by atoms with E-state index in [1.165, 1.54) is 0 Å². The first-order chi connectivity index (χ1) is 10.9. The molecular weight excluding hydrogens is 302 g/mol. The molecule has 0 rings (SSSR count). The van der Waals surface area contributed by atoms with Crippen LogP contribution in [0.15, 0.2) is 25.0 Å². The average Bonchev–Trinajstić information content (AvgIpc) is 2.46. The molecule has 0 fully saturated rings. The van der Waals surface area contributed by atoms with E-state index in [9.17, 15) is 0 Å². The van der Waals surface area contributed by atoms with Crippen molar-refractivity contribution in [2.24, 2.45) is 59.4 Å². The van der Waals surface area contributed by atoms with Gasteiger partial charge >= 0.3 is 5.96 Å². The second kappa shape index (κ2) is 11.3. The number of nitrogens with zero attached hydrogens (tertiary/aromatic N) is 6. The second-order valence-corrected chi connectivity index (χ2v) is 3.78. The topological polar surface area (TPSA) is 234 Å². The molecular formula is C10H21N13. The molecule has 0 unspecified atom stereocenters. The highest BCUT2D eigenvalue weighted by molar-refractivity contribution is 5.97. The van der Waals surface area contributed by atoms with Crippen LogP contribution in [-0.2, 0) is 0 Å². The summed E-state index contributed by atoms with van der Waals surface area (Å²) in [4.78, 5) is 21.7. The number of guanidine groups is 4. The van der Waals surface area contributed by atoms with Crippen molar-refractivity contribution in [3.8, 4) is 0 Å². The molecule has 13 nitrogen and oxygen atoms in total. The van der Waals surface area contributed by atoms with Gasteiger partial charge in [0, 0.05) is 6.42 Å². The van der Waals surface area contributed by atoms with Crippen molar-refractivity contribution in [2.45, 2.75) is 6.42 Å². The van der Waals surface area contributed by atoms with Crippen LogP contribution in [0.25, 0.3) is 4.85 Å². The van der Waals surface area contributed by atoms with E-state index in [0.29, 0.717) is 13.0 Å². The molecule has 0 heterocycles. The van der Waals surface area contributed by atoms with Crippen LogP contribution in [0.1, 0.15) is 6.42 Å². The van der Waals surface area contributed by atoms with Crippen molar-refractivity contribution in [1.82, 2.24) is 5.32 Å². The molecule has 0 radical (unpaired) electrons. The minimum atomic E-state index is -0.220. The Hall–Kier alpha value is -3.40. The fourth-order valence-corrected chi connectivity index (χ4v) is 1.000. The van der Waals surface area contributed by atoms with Crippen molar-refractivity contribution in [2.75, 3.05) is 19.9 Å². The monoisotopic (exact) mass is 323 g/mol. The minimum Gasteiger partial charge on any atom is -0.397 e. The minimum absolute atomic E-state index is 0.0381. The number of rotatable bonds is 6. The molecule has 13 N–H and O–H groups in total. The first kappa shape index (κ1) is 19.6. The van der Waals surface area contributed by atoms with Gasteiger partial charge in [0.15, 0.2) is 18.6 Å². The van der Waals surface area contributed by atoms with E-state index >= 15 is 0 Å². The molecule has 0 aliphatic carbocycles. The van der Waals surface area contributed by atoms with Gasteiger partial charge in [-0.1, -0.05) is 0 Å². The molecule has 0 atom stereocenters.